The van der Waals surface area contributed by atoms with Crippen LogP contribution in [0.1, 0.15) is 5.69 Å². The van der Waals surface area contributed by atoms with Crippen LogP contribution in [0.15, 0.2) is 54.7 Å². The van der Waals surface area contributed by atoms with Crippen molar-refractivity contribution in [1.29, 1.82) is 0 Å². The summed E-state index contributed by atoms with van der Waals surface area (Å²) >= 11 is 12.5. The molecule has 0 atom stereocenters. The number of aromatic nitrogens is 3. The number of pyridine rings is 1. The van der Waals surface area contributed by atoms with E-state index >= 15 is 0 Å². The van der Waals surface area contributed by atoms with Crippen LogP contribution in [-0.2, 0) is 18.3 Å². The maximum absolute atomic E-state index is 11.1. The highest BCUT2D eigenvalue weighted by molar-refractivity contribution is 6.39. The molecule has 0 saturated carbocycles. The van der Waals surface area contributed by atoms with Crippen molar-refractivity contribution < 1.29 is 9.53 Å². The summed E-state index contributed by atoms with van der Waals surface area (Å²) in [6, 6.07) is 14.2. The molecule has 0 spiro atoms. The van der Waals surface area contributed by atoms with Gasteiger partial charge in [0.15, 0.2) is 0 Å². The molecule has 0 bridgehead atoms. The lowest BCUT2D eigenvalue weighted by Gasteiger charge is -2.09. The zero-order valence-corrected chi connectivity index (χ0v) is 17.4. The first-order chi connectivity index (χ1) is 14.4. The Hall–Kier alpha value is -3.29. The van der Waals surface area contributed by atoms with Gasteiger partial charge in [0.1, 0.15) is 11.5 Å². The molecule has 0 saturated heterocycles. The van der Waals surface area contributed by atoms with E-state index in [0.717, 1.165) is 11.0 Å². The molecule has 0 aliphatic heterocycles. The molecule has 0 radical (unpaired) electrons. The Morgan fingerprint density at radius 1 is 1.13 bits per heavy atom. The molecule has 3 N–H and O–H groups in total. The van der Waals surface area contributed by atoms with Crippen molar-refractivity contribution in [3.63, 3.8) is 0 Å². The van der Waals surface area contributed by atoms with Gasteiger partial charge in [0.2, 0.25) is 11.9 Å². The minimum absolute atomic E-state index is 0.0517. The molecular weight excluding hydrogens is 425 g/mol. The SMILES string of the molecule is Cn1c(Nc2c(Cl)cccc2Cl)nc2cc(Oc3ccnc(CC(N)=O)c3)ccc21. The number of nitrogens with one attached hydrogen (secondary N) is 1. The lowest BCUT2D eigenvalue weighted by atomic mass is 10.2. The van der Waals surface area contributed by atoms with E-state index in [4.69, 9.17) is 33.7 Å². The van der Waals surface area contributed by atoms with Crippen LogP contribution < -0.4 is 15.8 Å². The van der Waals surface area contributed by atoms with Gasteiger partial charge < -0.3 is 20.4 Å². The summed E-state index contributed by atoms with van der Waals surface area (Å²) in [6.07, 6.45) is 1.62. The number of aryl methyl sites for hydroxylation is 1. The molecule has 4 rings (SSSR count). The maximum Gasteiger partial charge on any atom is 0.223 e. The smallest absolute Gasteiger partial charge is 0.223 e. The average Bonchev–Trinajstić information content (AvgIpc) is 2.99. The number of imidazole rings is 1. The molecule has 0 aliphatic rings. The van der Waals surface area contributed by atoms with Gasteiger partial charge in [-0.05, 0) is 30.3 Å². The topological polar surface area (TPSA) is 95.1 Å². The number of hydrogen-bond acceptors (Lipinski definition) is 5. The molecule has 0 fully saturated rings. The second kappa shape index (κ2) is 8.22. The molecule has 2 heterocycles. The first-order valence-corrected chi connectivity index (χ1v) is 9.75. The van der Waals surface area contributed by atoms with Gasteiger partial charge in [-0.1, -0.05) is 29.3 Å². The van der Waals surface area contributed by atoms with Crippen LogP contribution >= 0.6 is 23.2 Å². The molecule has 4 aromatic rings. The van der Waals surface area contributed by atoms with E-state index in [1.54, 1.807) is 36.5 Å². The van der Waals surface area contributed by atoms with Gasteiger partial charge in [0.25, 0.3) is 0 Å². The normalized spacial score (nSPS) is 10.9. The van der Waals surface area contributed by atoms with E-state index in [1.165, 1.54) is 0 Å². The van der Waals surface area contributed by atoms with Crippen molar-refractivity contribution in [2.45, 2.75) is 6.42 Å². The molecule has 0 unspecified atom stereocenters. The van der Waals surface area contributed by atoms with Gasteiger partial charge in [0.05, 0.1) is 38.9 Å². The molecule has 1 amide bonds. The summed E-state index contributed by atoms with van der Waals surface area (Å²) in [5.41, 5.74) is 7.99. The van der Waals surface area contributed by atoms with E-state index in [1.807, 2.05) is 29.8 Å². The second-order valence-corrected chi connectivity index (χ2v) is 7.41. The van der Waals surface area contributed by atoms with Gasteiger partial charge in [-0.15, -0.1) is 0 Å². The van der Waals surface area contributed by atoms with Crippen molar-refractivity contribution in [2.75, 3.05) is 5.32 Å². The third-order valence-corrected chi connectivity index (χ3v) is 5.06. The zero-order chi connectivity index (χ0) is 21.3. The Morgan fingerprint density at radius 2 is 1.87 bits per heavy atom. The molecule has 9 heteroatoms. The summed E-state index contributed by atoms with van der Waals surface area (Å²) in [4.78, 5) is 19.8. The molecule has 2 aromatic carbocycles. The van der Waals surface area contributed by atoms with Gasteiger partial charge in [-0.2, -0.15) is 0 Å². The summed E-state index contributed by atoms with van der Waals surface area (Å²) < 4.78 is 7.81. The quantitative estimate of drug-likeness (QED) is 0.446. The summed E-state index contributed by atoms with van der Waals surface area (Å²) in [7, 11) is 1.89. The highest BCUT2D eigenvalue weighted by Gasteiger charge is 2.13. The van der Waals surface area contributed by atoms with Crippen LogP contribution in [0.5, 0.6) is 11.5 Å². The van der Waals surface area contributed by atoms with Crippen molar-refractivity contribution in [2.24, 2.45) is 12.8 Å². The number of anilines is 2. The van der Waals surface area contributed by atoms with Gasteiger partial charge in [-0.25, -0.2) is 4.98 Å². The number of hydrogen-bond donors (Lipinski definition) is 2. The second-order valence-electron chi connectivity index (χ2n) is 6.59. The fourth-order valence-corrected chi connectivity index (χ4v) is 3.51. The Bertz CT molecular complexity index is 1240. The number of rotatable bonds is 6. The van der Waals surface area contributed by atoms with Crippen LogP contribution in [0.4, 0.5) is 11.6 Å². The summed E-state index contributed by atoms with van der Waals surface area (Å²) in [5, 5.41) is 4.19. The third kappa shape index (κ3) is 4.17. The van der Waals surface area contributed by atoms with Gasteiger partial charge in [-0.3, -0.25) is 9.78 Å². The highest BCUT2D eigenvalue weighted by Crippen LogP contribution is 2.34. The first-order valence-electron chi connectivity index (χ1n) is 8.99. The maximum atomic E-state index is 11.1. The Labute approximate surface area is 182 Å². The number of halogens is 2. The average molecular weight is 442 g/mol. The van der Waals surface area contributed by atoms with Gasteiger partial charge >= 0.3 is 0 Å². The van der Waals surface area contributed by atoms with E-state index in [2.05, 4.69) is 15.3 Å². The molecule has 152 valence electrons. The fraction of sp³-hybridized carbons (Fsp3) is 0.0952. The molecular formula is C21H17Cl2N5O2. The number of primary amides is 1. The third-order valence-electron chi connectivity index (χ3n) is 4.43. The van der Waals surface area contributed by atoms with E-state index < -0.39 is 5.91 Å². The number of carbonyl (C=O) groups is 1. The van der Waals surface area contributed by atoms with Crippen molar-refractivity contribution >= 4 is 51.8 Å². The van der Waals surface area contributed by atoms with Crippen LogP contribution in [0.3, 0.4) is 0 Å². The Balaban J connectivity index is 1.62. The number of benzene rings is 2. The zero-order valence-electron chi connectivity index (χ0n) is 15.9. The van der Waals surface area contributed by atoms with Crippen molar-refractivity contribution in [3.8, 4) is 11.5 Å². The highest BCUT2D eigenvalue weighted by atomic mass is 35.5. The van der Waals surface area contributed by atoms with Gasteiger partial charge in [0, 0.05) is 25.4 Å². The molecule has 30 heavy (non-hydrogen) atoms. The summed E-state index contributed by atoms with van der Waals surface area (Å²) in [5.74, 6) is 1.29. The molecule has 7 nitrogen and oxygen atoms in total. The number of nitrogens with zero attached hydrogens (tertiary/aromatic N) is 3. The van der Waals surface area contributed by atoms with E-state index in [-0.39, 0.29) is 6.42 Å². The monoisotopic (exact) mass is 441 g/mol. The minimum Gasteiger partial charge on any atom is -0.457 e. The standard InChI is InChI=1S/C21H17Cl2N5O2/c1-28-18-6-5-13(30-14-7-8-25-12(9-14)10-19(24)29)11-17(18)26-21(28)27-20-15(22)3-2-4-16(20)23/h2-9,11H,10H2,1H3,(H2,24,29)(H,26,27). The number of amides is 1. The molecule has 2 aromatic heterocycles. The minimum atomic E-state index is -0.451. The fourth-order valence-electron chi connectivity index (χ4n) is 3.01. The van der Waals surface area contributed by atoms with Crippen molar-refractivity contribution in [1.82, 2.24) is 14.5 Å². The van der Waals surface area contributed by atoms with Crippen LogP contribution in [0.2, 0.25) is 10.0 Å². The number of carbonyl (C=O) groups excluding carboxylic acids is 1. The summed E-state index contributed by atoms with van der Waals surface area (Å²) in [6.45, 7) is 0. The Morgan fingerprint density at radius 3 is 2.60 bits per heavy atom. The van der Waals surface area contributed by atoms with E-state index in [9.17, 15) is 4.79 Å². The lowest BCUT2D eigenvalue weighted by Crippen LogP contribution is -2.14. The number of para-hydroxylation sites is 1. The van der Waals surface area contributed by atoms with Crippen LogP contribution in [0, 0.1) is 0 Å². The number of fused-ring (bicyclic) bond motifs is 1. The lowest BCUT2D eigenvalue weighted by molar-refractivity contribution is -0.117. The number of ether oxygens (including phenoxy) is 1. The predicted octanol–water partition coefficient (Wildman–Crippen LogP) is 4.84. The number of nitrogens with two attached hydrogens (primary N) is 1. The largest absolute Gasteiger partial charge is 0.457 e. The van der Waals surface area contributed by atoms with Crippen molar-refractivity contribution in [3.05, 3.63) is 70.5 Å². The van der Waals surface area contributed by atoms with Crippen LogP contribution in [-0.4, -0.2) is 20.4 Å². The first kappa shape index (κ1) is 20.0. The van der Waals surface area contributed by atoms with Crippen LogP contribution in [0.25, 0.3) is 11.0 Å². The molecule has 0 aliphatic carbocycles. The van der Waals surface area contributed by atoms with E-state index in [0.29, 0.717) is 38.9 Å². The predicted molar refractivity (Wildman–Crippen MR) is 118 cm³/mol. The Kier molecular flexibility index (Phi) is 5.48.